The lowest BCUT2D eigenvalue weighted by molar-refractivity contribution is -0.401. The van der Waals surface area contributed by atoms with Crippen molar-refractivity contribution >= 4 is 11.8 Å². The molecule has 2 amide bonds. The zero-order valence-electron chi connectivity index (χ0n) is 44.4. The number of aliphatic hydroxyl groups is 19. The van der Waals surface area contributed by atoms with Crippen molar-refractivity contribution in [1.29, 1.82) is 0 Å². The van der Waals surface area contributed by atoms with E-state index in [-0.39, 0.29) is 0 Å². The second-order valence-electron chi connectivity index (χ2n) is 21.0. The minimum absolute atomic E-state index is 0.837. The van der Waals surface area contributed by atoms with Crippen LogP contribution in [-0.2, 0) is 71.2 Å². The van der Waals surface area contributed by atoms with E-state index in [1.165, 1.54) is 13.8 Å². The molecule has 0 spiro atoms. The lowest BCUT2D eigenvalue weighted by atomic mass is 9.93. The summed E-state index contributed by atoms with van der Waals surface area (Å²) in [6.07, 6.45) is -62.9. The standard InChI is InChI=1S/C46H78N2O34/c1-10-21(56)27(62)30(65)43(70-10)79-36-20(48-13(4)55)42(76-18(9-53)35(36)78-46-39(29(64)23(58)14(5-49)74-46)82-44-31(66)28(63)22(57)11(2)71-44)81-38-25(60)16(7-51)73-45(33(38)68)77-34-17(8-52)75-41(19(26(34)61)47-12(3)54)80-37-24(59)15(6-50)72-40(69)32(37)67/h10-11,14-46,49-53,56-69H,5-9H2,1-4H3,(H,47,54)(H,48,55)/t10-,11-,14+,15+,16+,17+,18+,19+,20+,21+,22+,23-,24+,25-,26+,27+,28+,29-,30-,31-,32+,33+,34+,35+,36+,37-,38-,39+,40?,41-,42-,43-,44-,45-,46-/m0/s1. The van der Waals surface area contributed by atoms with Crippen LogP contribution in [-0.4, -0.2) is 357 Å². The molecule has 7 heterocycles. The number of carbonyl (C=O) groups is 2. The van der Waals surface area contributed by atoms with Gasteiger partial charge in [-0.1, -0.05) is 0 Å². The first-order valence-corrected chi connectivity index (χ1v) is 26.3. The van der Waals surface area contributed by atoms with Crippen molar-refractivity contribution in [3.63, 3.8) is 0 Å². The molecule has 0 aromatic heterocycles. The molecule has 7 saturated heterocycles. The van der Waals surface area contributed by atoms with Crippen LogP contribution >= 0.6 is 0 Å². The number of hydrogen-bond donors (Lipinski definition) is 21. The zero-order valence-corrected chi connectivity index (χ0v) is 44.4. The van der Waals surface area contributed by atoms with Gasteiger partial charge in [0.2, 0.25) is 11.8 Å². The highest BCUT2D eigenvalue weighted by molar-refractivity contribution is 5.73. The maximum atomic E-state index is 13.2. The Morgan fingerprint density at radius 2 is 0.683 bits per heavy atom. The van der Waals surface area contributed by atoms with Crippen molar-refractivity contribution in [3.8, 4) is 0 Å². The van der Waals surface area contributed by atoms with Crippen LogP contribution < -0.4 is 10.6 Å². The van der Waals surface area contributed by atoms with Gasteiger partial charge in [0, 0.05) is 13.8 Å². The first kappa shape index (κ1) is 67.2. The Labute approximate surface area is 465 Å². The molecule has 0 saturated carbocycles. The van der Waals surface area contributed by atoms with E-state index in [0.717, 1.165) is 13.8 Å². The number of hydrogen-bond acceptors (Lipinski definition) is 34. The van der Waals surface area contributed by atoms with Crippen molar-refractivity contribution in [2.45, 2.75) is 243 Å². The second-order valence-corrected chi connectivity index (χ2v) is 21.0. The van der Waals surface area contributed by atoms with E-state index in [1.54, 1.807) is 0 Å². The van der Waals surface area contributed by atoms with Crippen molar-refractivity contribution in [2.75, 3.05) is 33.0 Å². The van der Waals surface area contributed by atoms with E-state index >= 15 is 0 Å². The predicted octanol–water partition coefficient (Wildman–Crippen LogP) is -13.9. The summed E-state index contributed by atoms with van der Waals surface area (Å²) in [6.45, 7) is -0.587. The van der Waals surface area contributed by atoms with Crippen LogP contribution in [0.4, 0.5) is 0 Å². The van der Waals surface area contributed by atoms with E-state index in [9.17, 15) is 107 Å². The Morgan fingerprint density at radius 1 is 0.317 bits per heavy atom. The van der Waals surface area contributed by atoms with Crippen molar-refractivity contribution < 1.29 is 168 Å². The molecule has 0 aliphatic carbocycles. The summed E-state index contributed by atoms with van der Waals surface area (Å²) in [5.41, 5.74) is 0. The minimum Gasteiger partial charge on any atom is -0.394 e. The number of aliphatic hydroxyl groups excluding tert-OH is 19. The molecule has 35 atom stereocenters. The van der Waals surface area contributed by atoms with Crippen molar-refractivity contribution in [1.82, 2.24) is 10.6 Å². The Balaban J connectivity index is 1.21. The van der Waals surface area contributed by atoms with Gasteiger partial charge in [-0.3, -0.25) is 9.59 Å². The molecule has 7 fully saturated rings. The predicted molar refractivity (Wildman–Crippen MR) is 252 cm³/mol. The molecule has 36 nitrogen and oxygen atoms in total. The number of rotatable bonds is 19. The number of amides is 2. The van der Waals surface area contributed by atoms with E-state index < -0.39 is 260 Å². The third-order valence-corrected chi connectivity index (χ3v) is 15.3. The molecule has 0 aromatic carbocycles. The van der Waals surface area contributed by atoms with Gasteiger partial charge >= 0.3 is 0 Å². The van der Waals surface area contributed by atoms with Crippen LogP contribution in [0.5, 0.6) is 0 Å². The Morgan fingerprint density at radius 3 is 1.18 bits per heavy atom. The largest absolute Gasteiger partial charge is 0.394 e. The summed E-state index contributed by atoms with van der Waals surface area (Å²) in [4.78, 5) is 25.8. The van der Waals surface area contributed by atoms with Crippen LogP contribution in [0.15, 0.2) is 0 Å². The first-order valence-electron chi connectivity index (χ1n) is 26.3. The molecule has 476 valence electrons. The summed E-state index contributed by atoms with van der Waals surface area (Å²) in [5.74, 6) is -1.76. The average Bonchev–Trinajstić information content (AvgIpc) is 3.64. The van der Waals surface area contributed by atoms with Gasteiger partial charge in [0.05, 0.1) is 45.2 Å². The maximum absolute atomic E-state index is 13.2. The smallest absolute Gasteiger partial charge is 0.217 e. The lowest BCUT2D eigenvalue weighted by Crippen LogP contribution is -2.72. The average molecular weight is 1200 g/mol. The molecule has 0 aromatic rings. The topological polar surface area (TPSA) is 563 Å². The molecular formula is C46H78N2O34. The number of ether oxygens (including phenoxy) is 13. The molecule has 7 aliphatic rings. The van der Waals surface area contributed by atoms with E-state index in [1.807, 2.05) is 0 Å². The molecule has 36 heteroatoms. The summed E-state index contributed by atoms with van der Waals surface area (Å²) in [6, 6.07) is -3.66. The highest BCUT2D eigenvalue weighted by Gasteiger charge is 2.60. The molecule has 0 bridgehead atoms. The van der Waals surface area contributed by atoms with Gasteiger partial charge in [0.15, 0.2) is 44.0 Å². The monoisotopic (exact) mass is 1200 g/mol. The van der Waals surface area contributed by atoms with Crippen LogP contribution in [0.2, 0.25) is 0 Å². The fraction of sp³-hybridized carbons (Fsp3) is 0.957. The summed E-state index contributed by atoms with van der Waals surface area (Å²) in [5, 5.41) is 211. The molecule has 0 radical (unpaired) electrons. The SMILES string of the molecule is CC(=O)N[C@H]1[C@H](O[C@H]2[C@H](O)[C@@H](CO)OC(O)[C@@H]2O)O[C@H](CO)[C@@H](O[C@@H]2O[C@H](CO)[C@H](O)[C@H](O[C@@H]3O[C@H](CO)[C@@H](O[C@@H]4O[C@H](CO)[C@H](O)[C@H](O)[C@H]4O[C@@H]4O[C@@H](C)[C@@H](O)[C@@H](O)[C@@H]4O)[C@H](O[C@@H]4O[C@@H](C)[C@@H](O)[C@@H](O)[C@@H]4O)[C@H]3NC(C)=O)[C@H]2O)[C@@H]1O. The van der Waals surface area contributed by atoms with Gasteiger partial charge in [-0.05, 0) is 13.8 Å². The van der Waals surface area contributed by atoms with Gasteiger partial charge in [-0.25, -0.2) is 0 Å². The van der Waals surface area contributed by atoms with Gasteiger partial charge in [-0.15, -0.1) is 0 Å². The van der Waals surface area contributed by atoms with Crippen LogP contribution in [0.25, 0.3) is 0 Å². The van der Waals surface area contributed by atoms with E-state index in [2.05, 4.69) is 10.6 Å². The molecular weight excluding hydrogens is 1120 g/mol. The summed E-state index contributed by atoms with van der Waals surface area (Å²) in [7, 11) is 0. The molecule has 7 aliphatic heterocycles. The Bertz CT molecular complexity index is 2030. The number of carbonyl (C=O) groups excluding carboxylic acids is 2. The second kappa shape index (κ2) is 28.7. The fourth-order valence-electron chi connectivity index (χ4n) is 10.7. The van der Waals surface area contributed by atoms with E-state index in [4.69, 9.17) is 61.6 Å². The van der Waals surface area contributed by atoms with Gasteiger partial charge in [-0.2, -0.15) is 0 Å². The number of nitrogens with one attached hydrogen (secondary N) is 2. The van der Waals surface area contributed by atoms with Gasteiger partial charge in [0.1, 0.15) is 159 Å². The third-order valence-electron chi connectivity index (χ3n) is 15.3. The molecule has 82 heavy (non-hydrogen) atoms. The summed E-state index contributed by atoms with van der Waals surface area (Å²) < 4.78 is 76.2. The van der Waals surface area contributed by atoms with E-state index in [0.29, 0.717) is 0 Å². The quantitative estimate of drug-likeness (QED) is 0.0571. The van der Waals surface area contributed by atoms with Crippen LogP contribution in [0, 0.1) is 0 Å². The van der Waals surface area contributed by atoms with Gasteiger partial charge < -0.3 is 169 Å². The van der Waals surface area contributed by atoms with Crippen LogP contribution in [0.3, 0.4) is 0 Å². The molecule has 7 rings (SSSR count). The maximum Gasteiger partial charge on any atom is 0.217 e. The highest BCUT2D eigenvalue weighted by atomic mass is 16.8. The lowest BCUT2D eigenvalue weighted by Gasteiger charge is -2.52. The summed E-state index contributed by atoms with van der Waals surface area (Å²) >= 11 is 0. The molecule has 21 N–H and O–H groups in total. The Kier molecular flexibility index (Phi) is 23.5. The third kappa shape index (κ3) is 14.1. The molecule has 1 unspecified atom stereocenters. The Hall–Kier alpha value is -2.34. The van der Waals surface area contributed by atoms with Crippen LogP contribution in [0.1, 0.15) is 27.7 Å². The van der Waals surface area contributed by atoms with Gasteiger partial charge in [0.25, 0.3) is 0 Å². The minimum atomic E-state index is -2.30. The fourth-order valence-corrected chi connectivity index (χ4v) is 10.7. The zero-order chi connectivity index (χ0) is 60.5. The van der Waals surface area contributed by atoms with Crippen molar-refractivity contribution in [2.24, 2.45) is 0 Å². The normalized spacial score (nSPS) is 51.3. The first-order chi connectivity index (χ1) is 38.7. The highest BCUT2D eigenvalue weighted by Crippen LogP contribution is 2.39. The van der Waals surface area contributed by atoms with Crippen molar-refractivity contribution in [3.05, 3.63) is 0 Å².